The molecule has 3 heteroatoms. The van der Waals surface area contributed by atoms with E-state index in [9.17, 15) is 5.11 Å². The van der Waals surface area contributed by atoms with Crippen molar-refractivity contribution in [1.82, 2.24) is 4.90 Å². The van der Waals surface area contributed by atoms with E-state index >= 15 is 0 Å². The summed E-state index contributed by atoms with van der Waals surface area (Å²) in [7, 11) is 0. The van der Waals surface area contributed by atoms with Crippen LogP contribution in [0.5, 0.6) is 0 Å². The van der Waals surface area contributed by atoms with Crippen LogP contribution in [0, 0.1) is 6.92 Å². The van der Waals surface area contributed by atoms with E-state index in [1.807, 2.05) is 19.1 Å². The molecule has 0 atom stereocenters. The van der Waals surface area contributed by atoms with E-state index < -0.39 is 5.60 Å². The molecule has 1 aliphatic heterocycles. The van der Waals surface area contributed by atoms with Crippen LogP contribution in [0.1, 0.15) is 37.8 Å². The lowest BCUT2D eigenvalue weighted by molar-refractivity contribution is -0.0271. The Bertz CT molecular complexity index is 436. The van der Waals surface area contributed by atoms with Crippen molar-refractivity contribution in [3.63, 3.8) is 0 Å². The van der Waals surface area contributed by atoms with Crippen LogP contribution in [0.15, 0.2) is 18.2 Å². The zero-order chi connectivity index (χ0) is 14.0. The molecule has 1 aliphatic rings. The van der Waals surface area contributed by atoms with Gasteiger partial charge >= 0.3 is 0 Å². The Balaban J connectivity index is 2.03. The number of benzene rings is 1. The van der Waals surface area contributed by atoms with Gasteiger partial charge in [-0.15, -0.1) is 0 Å². The summed E-state index contributed by atoms with van der Waals surface area (Å²) in [5.74, 6) is 0. The average molecular weight is 282 g/mol. The third-order valence-corrected chi connectivity index (χ3v) is 4.54. The summed E-state index contributed by atoms with van der Waals surface area (Å²) in [6.45, 7) is 8.39. The molecule has 106 valence electrons. The highest BCUT2D eigenvalue weighted by Crippen LogP contribution is 2.30. The lowest BCUT2D eigenvalue weighted by Gasteiger charge is -2.40. The number of hydrogen-bond donors (Lipinski definition) is 1. The van der Waals surface area contributed by atoms with Crippen LogP contribution in [0.25, 0.3) is 0 Å². The molecule has 0 bridgehead atoms. The van der Waals surface area contributed by atoms with E-state index in [0.29, 0.717) is 12.5 Å². The van der Waals surface area contributed by atoms with Crippen molar-refractivity contribution in [2.45, 2.75) is 51.7 Å². The Morgan fingerprint density at radius 1 is 1.32 bits per heavy atom. The smallest absolute Gasteiger partial charge is 0.0712 e. The molecule has 0 aliphatic carbocycles. The fourth-order valence-corrected chi connectivity index (χ4v) is 3.09. The number of aliphatic hydroxyl groups is 1. The quantitative estimate of drug-likeness (QED) is 0.918. The molecule has 1 N–H and O–H groups in total. The first-order chi connectivity index (χ1) is 8.89. The minimum Gasteiger partial charge on any atom is -0.389 e. The van der Waals surface area contributed by atoms with E-state index in [4.69, 9.17) is 11.6 Å². The van der Waals surface area contributed by atoms with E-state index in [1.165, 1.54) is 0 Å². The van der Waals surface area contributed by atoms with Gasteiger partial charge in [-0.25, -0.2) is 0 Å². The molecule has 0 amide bonds. The molecule has 19 heavy (non-hydrogen) atoms. The summed E-state index contributed by atoms with van der Waals surface area (Å²) in [4.78, 5) is 2.42. The maximum absolute atomic E-state index is 10.7. The minimum absolute atomic E-state index is 0.563. The van der Waals surface area contributed by atoms with Crippen molar-refractivity contribution >= 4 is 11.6 Å². The number of nitrogens with zero attached hydrogens (tertiary/aromatic N) is 1. The average Bonchev–Trinajstić information content (AvgIpc) is 2.33. The second kappa shape index (κ2) is 5.82. The van der Waals surface area contributed by atoms with Gasteiger partial charge in [0.25, 0.3) is 0 Å². The van der Waals surface area contributed by atoms with Gasteiger partial charge in [-0.1, -0.05) is 23.7 Å². The molecule has 0 aromatic heterocycles. The third kappa shape index (κ3) is 3.71. The Kier molecular flexibility index (Phi) is 4.54. The number of piperidine rings is 1. The molecule has 1 fully saturated rings. The molecule has 1 saturated heterocycles. The van der Waals surface area contributed by atoms with Gasteiger partial charge < -0.3 is 10.0 Å². The Labute approximate surface area is 121 Å². The summed E-state index contributed by atoms with van der Waals surface area (Å²) < 4.78 is 0. The number of aryl methyl sites for hydroxylation is 1. The number of hydrogen-bond acceptors (Lipinski definition) is 2. The first kappa shape index (κ1) is 14.8. The molecule has 2 rings (SSSR count). The van der Waals surface area contributed by atoms with Gasteiger partial charge in [0.15, 0.2) is 0 Å². The topological polar surface area (TPSA) is 23.5 Å². The normalized spacial score (nSPS) is 19.9. The summed E-state index contributed by atoms with van der Waals surface area (Å²) in [6, 6.07) is 6.65. The van der Waals surface area contributed by atoms with Gasteiger partial charge in [-0.05, 0) is 50.8 Å². The largest absolute Gasteiger partial charge is 0.389 e. The highest BCUT2D eigenvalue weighted by atomic mass is 35.5. The molecule has 0 spiro atoms. The van der Waals surface area contributed by atoms with Crippen molar-refractivity contribution in [3.8, 4) is 0 Å². The highest BCUT2D eigenvalue weighted by Gasteiger charge is 2.33. The van der Waals surface area contributed by atoms with Gasteiger partial charge in [0.1, 0.15) is 0 Å². The lowest BCUT2D eigenvalue weighted by Crippen LogP contribution is -2.47. The second-order valence-corrected chi connectivity index (χ2v) is 6.53. The molecule has 1 heterocycles. The fraction of sp³-hybridized carbons (Fsp3) is 0.625. The van der Waals surface area contributed by atoms with Crippen LogP contribution >= 0.6 is 11.6 Å². The zero-order valence-corrected chi connectivity index (χ0v) is 12.9. The highest BCUT2D eigenvalue weighted by molar-refractivity contribution is 6.31. The summed E-state index contributed by atoms with van der Waals surface area (Å²) in [6.07, 6.45) is 2.32. The first-order valence-corrected chi connectivity index (χ1v) is 7.49. The molecular weight excluding hydrogens is 258 g/mol. The second-order valence-electron chi connectivity index (χ2n) is 6.13. The van der Waals surface area contributed by atoms with Gasteiger partial charge in [-0.2, -0.15) is 0 Å². The Hall–Kier alpha value is -0.570. The van der Waals surface area contributed by atoms with Gasteiger partial charge in [0.05, 0.1) is 5.60 Å². The van der Waals surface area contributed by atoms with E-state index in [0.717, 1.165) is 42.1 Å². The van der Waals surface area contributed by atoms with Crippen molar-refractivity contribution < 1.29 is 5.11 Å². The number of likely N-dealkylation sites (tertiary alicyclic amines) is 1. The summed E-state index contributed by atoms with van der Waals surface area (Å²) in [5.41, 5.74) is 1.63. The minimum atomic E-state index is -0.593. The SMILES string of the molecule is Cc1ccc(CC2(O)CCN(C(C)C)CC2)c(Cl)c1. The van der Waals surface area contributed by atoms with Gasteiger partial charge in [0, 0.05) is 30.6 Å². The van der Waals surface area contributed by atoms with Crippen LogP contribution in [-0.4, -0.2) is 34.7 Å². The zero-order valence-electron chi connectivity index (χ0n) is 12.1. The van der Waals surface area contributed by atoms with Crippen LogP contribution in [-0.2, 0) is 6.42 Å². The van der Waals surface area contributed by atoms with E-state index in [1.54, 1.807) is 0 Å². The predicted octanol–water partition coefficient (Wildman–Crippen LogP) is 3.43. The fourth-order valence-electron chi connectivity index (χ4n) is 2.78. The van der Waals surface area contributed by atoms with Gasteiger partial charge in [0.2, 0.25) is 0 Å². The molecule has 2 nitrogen and oxygen atoms in total. The van der Waals surface area contributed by atoms with Crippen molar-refractivity contribution in [2.24, 2.45) is 0 Å². The van der Waals surface area contributed by atoms with Crippen LogP contribution in [0.4, 0.5) is 0 Å². The molecule has 0 unspecified atom stereocenters. The Morgan fingerprint density at radius 3 is 2.47 bits per heavy atom. The Morgan fingerprint density at radius 2 is 1.95 bits per heavy atom. The molecule has 1 aromatic carbocycles. The van der Waals surface area contributed by atoms with Gasteiger partial charge in [-0.3, -0.25) is 0 Å². The van der Waals surface area contributed by atoms with Crippen molar-refractivity contribution in [3.05, 3.63) is 34.3 Å². The van der Waals surface area contributed by atoms with E-state index in [-0.39, 0.29) is 0 Å². The molecule has 0 saturated carbocycles. The summed E-state index contributed by atoms with van der Waals surface area (Å²) >= 11 is 6.27. The summed E-state index contributed by atoms with van der Waals surface area (Å²) in [5, 5.41) is 11.5. The molecule has 1 aromatic rings. The van der Waals surface area contributed by atoms with Crippen molar-refractivity contribution in [1.29, 1.82) is 0 Å². The molecule has 0 radical (unpaired) electrons. The monoisotopic (exact) mass is 281 g/mol. The lowest BCUT2D eigenvalue weighted by atomic mass is 9.85. The maximum atomic E-state index is 10.7. The third-order valence-electron chi connectivity index (χ3n) is 4.19. The van der Waals surface area contributed by atoms with E-state index in [2.05, 4.69) is 24.8 Å². The predicted molar refractivity (Wildman–Crippen MR) is 80.8 cm³/mol. The standard InChI is InChI=1S/C16H24ClNO/c1-12(2)18-8-6-16(19,7-9-18)11-14-5-4-13(3)10-15(14)17/h4-5,10,12,19H,6-9,11H2,1-3H3. The molecular formula is C16H24ClNO. The van der Waals surface area contributed by atoms with Crippen LogP contribution < -0.4 is 0 Å². The van der Waals surface area contributed by atoms with Crippen molar-refractivity contribution in [2.75, 3.05) is 13.1 Å². The maximum Gasteiger partial charge on any atom is 0.0712 e. The number of rotatable bonds is 3. The van der Waals surface area contributed by atoms with Crippen LogP contribution in [0.2, 0.25) is 5.02 Å². The van der Waals surface area contributed by atoms with Crippen LogP contribution in [0.3, 0.4) is 0 Å². The first-order valence-electron chi connectivity index (χ1n) is 7.11. The number of halogens is 1.